The summed E-state index contributed by atoms with van der Waals surface area (Å²) in [6, 6.07) is 9.40. The number of amides is 1. The maximum Gasteiger partial charge on any atom is 0.252 e. The largest absolute Gasteiger partial charge is 0.368 e. The van der Waals surface area contributed by atoms with E-state index in [-0.39, 0.29) is 5.91 Å². The van der Waals surface area contributed by atoms with E-state index in [9.17, 15) is 4.79 Å². The number of anilines is 2. The predicted molar refractivity (Wildman–Crippen MR) is 101 cm³/mol. The molecule has 0 spiro atoms. The molecular formula is C16H20IN5O. The van der Waals surface area contributed by atoms with Crippen LogP contribution in [0.15, 0.2) is 30.3 Å². The van der Waals surface area contributed by atoms with Crippen molar-refractivity contribution in [1.29, 1.82) is 0 Å². The molecular weight excluding hydrogens is 405 g/mol. The quantitative estimate of drug-likeness (QED) is 0.549. The van der Waals surface area contributed by atoms with Gasteiger partial charge in [0.2, 0.25) is 0 Å². The molecule has 7 heteroatoms. The summed E-state index contributed by atoms with van der Waals surface area (Å²) in [6.45, 7) is 2.97. The monoisotopic (exact) mass is 425 g/mol. The first-order valence-electron chi connectivity index (χ1n) is 7.27. The first-order chi connectivity index (χ1) is 11.0. The molecule has 1 heterocycles. The van der Waals surface area contributed by atoms with Crippen molar-refractivity contribution in [1.82, 2.24) is 15.3 Å². The van der Waals surface area contributed by atoms with Gasteiger partial charge < -0.3 is 15.5 Å². The Morgan fingerprint density at radius 3 is 2.65 bits per heavy atom. The van der Waals surface area contributed by atoms with Crippen LogP contribution in [0.1, 0.15) is 16.2 Å². The van der Waals surface area contributed by atoms with E-state index in [4.69, 9.17) is 0 Å². The molecule has 0 fully saturated rings. The highest BCUT2D eigenvalue weighted by Crippen LogP contribution is 2.13. The van der Waals surface area contributed by atoms with Crippen molar-refractivity contribution >= 4 is 40.1 Å². The van der Waals surface area contributed by atoms with Crippen LogP contribution in [-0.4, -0.2) is 43.1 Å². The number of halogens is 1. The molecule has 6 nitrogen and oxygen atoms in total. The van der Waals surface area contributed by atoms with Crippen molar-refractivity contribution in [3.63, 3.8) is 0 Å². The van der Waals surface area contributed by atoms with E-state index in [2.05, 4.69) is 43.2 Å². The average molecular weight is 425 g/mol. The average Bonchev–Trinajstić information content (AvgIpc) is 2.51. The van der Waals surface area contributed by atoms with Crippen LogP contribution < -0.4 is 15.5 Å². The normalized spacial score (nSPS) is 10.3. The molecule has 1 aromatic carbocycles. The lowest BCUT2D eigenvalue weighted by atomic mass is 10.2. The lowest BCUT2D eigenvalue weighted by Gasteiger charge is -2.14. The predicted octanol–water partition coefficient (Wildman–Crippen LogP) is 2.30. The van der Waals surface area contributed by atoms with Crippen LogP contribution in [0, 0.1) is 10.5 Å². The van der Waals surface area contributed by atoms with Crippen LogP contribution in [0.5, 0.6) is 0 Å². The highest BCUT2D eigenvalue weighted by Gasteiger charge is 2.08. The Morgan fingerprint density at radius 2 is 1.96 bits per heavy atom. The molecule has 0 saturated carbocycles. The molecule has 2 rings (SSSR count). The molecule has 0 bridgehead atoms. The number of benzene rings is 1. The number of nitrogens with zero attached hydrogens (tertiary/aromatic N) is 3. The van der Waals surface area contributed by atoms with E-state index >= 15 is 0 Å². The smallest absolute Gasteiger partial charge is 0.252 e. The summed E-state index contributed by atoms with van der Waals surface area (Å²) in [6.07, 6.45) is 0. The summed E-state index contributed by atoms with van der Waals surface area (Å²) in [5.41, 5.74) is 0.695. The van der Waals surface area contributed by atoms with Crippen LogP contribution in [0.2, 0.25) is 0 Å². The summed E-state index contributed by atoms with van der Waals surface area (Å²) in [5.74, 6) is 2.25. The van der Waals surface area contributed by atoms with Gasteiger partial charge in [0.1, 0.15) is 17.5 Å². The SMILES string of the molecule is Cc1nc(NCCNC(=O)c2ccccc2I)cc(N(C)C)n1. The van der Waals surface area contributed by atoms with Crippen molar-refractivity contribution < 1.29 is 4.79 Å². The van der Waals surface area contributed by atoms with Gasteiger partial charge in [0.05, 0.1) is 5.56 Å². The first kappa shape index (κ1) is 17.5. The van der Waals surface area contributed by atoms with E-state index in [1.165, 1.54) is 0 Å². The molecule has 0 radical (unpaired) electrons. The van der Waals surface area contributed by atoms with E-state index in [1.807, 2.05) is 56.3 Å². The van der Waals surface area contributed by atoms with E-state index < -0.39 is 0 Å². The zero-order valence-electron chi connectivity index (χ0n) is 13.4. The number of hydrogen-bond donors (Lipinski definition) is 2. The summed E-state index contributed by atoms with van der Waals surface area (Å²) >= 11 is 2.16. The van der Waals surface area contributed by atoms with Crippen molar-refractivity contribution in [2.24, 2.45) is 0 Å². The number of aryl methyl sites for hydroxylation is 1. The molecule has 0 unspecified atom stereocenters. The van der Waals surface area contributed by atoms with Gasteiger partial charge in [-0.05, 0) is 41.6 Å². The highest BCUT2D eigenvalue weighted by atomic mass is 127. The summed E-state index contributed by atoms with van der Waals surface area (Å²) < 4.78 is 0.942. The van der Waals surface area contributed by atoms with Crippen LogP contribution in [0.25, 0.3) is 0 Å². The maximum absolute atomic E-state index is 12.1. The highest BCUT2D eigenvalue weighted by molar-refractivity contribution is 14.1. The molecule has 1 aromatic heterocycles. The number of rotatable bonds is 6. The van der Waals surface area contributed by atoms with Gasteiger partial charge >= 0.3 is 0 Å². The fraction of sp³-hybridized carbons (Fsp3) is 0.312. The van der Waals surface area contributed by atoms with Crippen molar-refractivity contribution in [3.05, 3.63) is 45.3 Å². The van der Waals surface area contributed by atoms with Gasteiger partial charge in [-0.3, -0.25) is 4.79 Å². The van der Waals surface area contributed by atoms with Crippen molar-refractivity contribution in [2.45, 2.75) is 6.92 Å². The number of aromatic nitrogens is 2. The van der Waals surface area contributed by atoms with Crippen LogP contribution in [0.4, 0.5) is 11.6 Å². The van der Waals surface area contributed by atoms with Gasteiger partial charge in [-0.2, -0.15) is 0 Å². The third-order valence-electron chi connectivity index (χ3n) is 3.12. The lowest BCUT2D eigenvalue weighted by molar-refractivity contribution is 0.0954. The zero-order chi connectivity index (χ0) is 16.8. The Labute approximate surface area is 149 Å². The summed E-state index contributed by atoms with van der Waals surface area (Å²) in [4.78, 5) is 22.7. The maximum atomic E-state index is 12.1. The minimum absolute atomic E-state index is 0.0651. The third-order valence-corrected chi connectivity index (χ3v) is 4.06. The summed E-state index contributed by atoms with van der Waals surface area (Å²) in [5, 5.41) is 6.11. The van der Waals surface area contributed by atoms with Crippen molar-refractivity contribution in [3.8, 4) is 0 Å². The molecule has 122 valence electrons. The number of hydrogen-bond acceptors (Lipinski definition) is 5. The molecule has 0 aliphatic rings. The third kappa shape index (κ3) is 5.05. The van der Waals surface area contributed by atoms with Gasteiger partial charge in [0, 0.05) is 36.8 Å². The Kier molecular flexibility index (Phi) is 6.14. The fourth-order valence-corrected chi connectivity index (χ4v) is 2.61. The second-order valence-electron chi connectivity index (χ2n) is 5.22. The number of nitrogens with one attached hydrogen (secondary N) is 2. The molecule has 1 amide bonds. The minimum Gasteiger partial charge on any atom is -0.368 e. The fourth-order valence-electron chi connectivity index (χ4n) is 1.98. The van der Waals surface area contributed by atoms with Crippen LogP contribution in [-0.2, 0) is 0 Å². The molecule has 23 heavy (non-hydrogen) atoms. The standard InChI is InChI=1S/C16H20IN5O/c1-11-20-14(10-15(21-11)22(2)3)18-8-9-19-16(23)12-6-4-5-7-13(12)17/h4-7,10H,8-9H2,1-3H3,(H,19,23)(H,18,20,21). The minimum atomic E-state index is -0.0651. The second kappa shape index (κ2) is 8.09. The molecule has 2 N–H and O–H groups in total. The molecule has 0 atom stereocenters. The van der Waals surface area contributed by atoms with Crippen LogP contribution >= 0.6 is 22.6 Å². The zero-order valence-corrected chi connectivity index (χ0v) is 15.6. The molecule has 2 aromatic rings. The van der Waals surface area contributed by atoms with Gasteiger partial charge in [-0.15, -0.1) is 0 Å². The molecule has 0 aliphatic heterocycles. The van der Waals surface area contributed by atoms with E-state index in [0.29, 0.717) is 24.5 Å². The topological polar surface area (TPSA) is 70.2 Å². The van der Waals surface area contributed by atoms with Gasteiger partial charge in [-0.1, -0.05) is 12.1 Å². The second-order valence-corrected chi connectivity index (χ2v) is 6.38. The lowest BCUT2D eigenvalue weighted by Crippen LogP contribution is -2.29. The van der Waals surface area contributed by atoms with Crippen molar-refractivity contribution in [2.75, 3.05) is 37.4 Å². The number of carbonyl (C=O) groups excluding carboxylic acids is 1. The van der Waals surface area contributed by atoms with Gasteiger partial charge in [0.15, 0.2) is 0 Å². The summed E-state index contributed by atoms with van der Waals surface area (Å²) in [7, 11) is 3.88. The van der Waals surface area contributed by atoms with Crippen LogP contribution in [0.3, 0.4) is 0 Å². The Morgan fingerprint density at radius 1 is 1.22 bits per heavy atom. The van der Waals surface area contributed by atoms with Gasteiger partial charge in [0.25, 0.3) is 5.91 Å². The Bertz CT molecular complexity index is 690. The molecule has 0 saturated heterocycles. The Hall–Kier alpha value is -1.90. The molecule has 0 aliphatic carbocycles. The van der Waals surface area contributed by atoms with E-state index in [0.717, 1.165) is 15.2 Å². The number of carbonyl (C=O) groups is 1. The van der Waals surface area contributed by atoms with E-state index in [1.54, 1.807) is 0 Å². The first-order valence-corrected chi connectivity index (χ1v) is 8.35. The Balaban J connectivity index is 1.86. The van der Waals surface area contributed by atoms with Gasteiger partial charge in [-0.25, -0.2) is 9.97 Å².